The predicted octanol–water partition coefficient (Wildman–Crippen LogP) is 5.09. The molecule has 2 N–H and O–H groups in total. The van der Waals surface area contributed by atoms with Gasteiger partial charge in [0.2, 0.25) is 17.8 Å². The number of hydrogen-bond donors (Lipinski definition) is 2. The lowest BCUT2D eigenvalue weighted by Crippen LogP contribution is -2.45. The Morgan fingerprint density at radius 2 is 1.85 bits per heavy atom. The monoisotopic (exact) mass is 538 g/mol. The number of nitrogens with one attached hydrogen (secondary N) is 2. The Labute approximate surface area is 230 Å². The number of hydrogen-bond acceptors (Lipinski definition) is 7. The minimum atomic E-state index is -0.699. The van der Waals surface area contributed by atoms with Gasteiger partial charge in [0, 0.05) is 42.0 Å². The quantitative estimate of drug-likeness (QED) is 0.238. The third-order valence-corrected chi connectivity index (χ3v) is 5.99. The van der Waals surface area contributed by atoms with Crippen molar-refractivity contribution in [1.29, 1.82) is 0 Å². The number of fused-ring (bicyclic) bond motifs is 1. The molecule has 3 heterocycles. The SMILES string of the molecule is CN(C)C/C=C/C(=O)Nc1cccc(N2C(=O)N(c3ccccc3)Cc3cnc(Nc4cccnc4F)nc32)c1. The summed E-state index contributed by atoms with van der Waals surface area (Å²) in [5.41, 5.74) is 2.49. The lowest BCUT2D eigenvalue weighted by Gasteiger charge is -2.36. The summed E-state index contributed by atoms with van der Waals surface area (Å²) in [5.74, 6) is -0.543. The first kappa shape index (κ1) is 26.4. The molecule has 5 rings (SSSR count). The molecule has 2 aromatic carbocycles. The molecular weight excluding hydrogens is 511 g/mol. The second-order valence-electron chi connectivity index (χ2n) is 9.25. The highest BCUT2D eigenvalue weighted by molar-refractivity contribution is 6.10. The topological polar surface area (TPSA) is 107 Å². The van der Waals surface area contributed by atoms with Crippen LogP contribution in [-0.4, -0.2) is 52.4 Å². The molecule has 3 amide bonds. The molecule has 0 atom stereocenters. The van der Waals surface area contributed by atoms with E-state index in [2.05, 4.69) is 25.6 Å². The average molecular weight is 539 g/mol. The highest BCUT2D eigenvalue weighted by Crippen LogP contribution is 2.37. The summed E-state index contributed by atoms with van der Waals surface area (Å²) in [4.78, 5) is 44.0. The smallest absolute Gasteiger partial charge is 0.322 e. The Kier molecular flexibility index (Phi) is 7.74. The Bertz CT molecular complexity index is 1560. The molecule has 2 aromatic heterocycles. The van der Waals surface area contributed by atoms with Gasteiger partial charge in [0.15, 0.2) is 5.82 Å². The minimum absolute atomic E-state index is 0.104. The van der Waals surface area contributed by atoms with Crippen LogP contribution < -0.4 is 20.4 Å². The van der Waals surface area contributed by atoms with Crippen LogP contribution in [0.15, 0.2) is 91.3 Å². The van der Waals surface area contributed by atoms with E-state index in [0.717, 1.165) is 0 Å². The molecule has 0 fully saturated rings. The van der Waals surface area contributed by atoms with Crippen molar-refractivity contribution < 1.29 is 14.0 Å². The number of anilines is 6. The number of pyridine rings is 1. The third kappa shape index (κ3) is 5.94. The highest BCUT2D eigenvalue weighted by Gasteiger charge is 2.34. The fourth-order valence-corrected chi connectivity index (χ4v) is 4.13. The lowest BCUT2D eigenvalue weighted by atomic mass is 10.1. The maximum Gasteiger partial charge on any atom is 0.335 e. The summed E-state index contributed by atoms with van der Waals surface area (Å²) < 4.78 is 14.2. The lowest BCUT2D eigenvalue weighted by molar-refractivity contribution is -0.111. The van der Waals surface area contributed by atoms with Crippen LogP contribution in [0.25, 0.3) is 0 Å². The molecule has 11 heteroatoms. The fourth-order valence-electron chi connectivity index (χ4n) is 4.13. The van der Waals surface area contributed by atoms with Gasteiger partial charge in [-0.2, -0.15) is 9.37 Å². The zero-order valence-corrected chi connectivity index (χ0v) is 22.0. The van der Waals surface area contributed by atoms with Gasteiger partial charge in [-0.25, -0.2) is 19.7 Å². The maximum atomic E-state index is 14.2. The second kappa shape index (κ2) is 11.7. The average Bonchev–Trinajstić information content (AvgIpc) is 2.94. The van der Waals surface area contributed by atoms with E-state index >= 15 is 0 Å². The van der Waals surface area contributed by atoms with Gasteiger partial charge in [-0.3, -0.25) is 9.69 Å². The summed E-state index contributed by atoms with van der Waals surface area (Å²) in [5, 5.41) is 5.68. The summed E-state index contributed by atoms with van der Waals surface area (Å²) in [6.07, 6.45) is 6.18. The largest absolute Gasteiger partial charge is 0.335 e. The Morgan fingerprint density at radius 1 is 1.05 bits per heavy atom. The molecule has 0 saturated heterocycles. The number of nitrogens with zero attached hydrogens (tertiary/aromatic N) is 6. The van der Waals surface area contributed by atoms with Crippen LogP contribution in [0.3, 0.4) is 0 Å². The number of carbonyl (C=O) groups excluding carboxylic acids is 2. The number of aromatic nitrogens is 3. The molecular formula is C29H27FN8O2. The number of likely N-dealkylation sites (N-methyl/N-ethyl adjacent to an activating group) is 1. The van der Waals surface area contributed by atoms with E-state index < -0.39 is 5.95 Å². The van der Waals surface area contributed by atoms with Gasteiger partial charge in [-0.05, 0) is 56.6 Å². The first-order chi connectivity index (χ1) is 19.4. The van der Waals surface area contributed by atoms with E-state index in [4.69, 9.17) is 0 Å². The molecule has 0 spiro atoms. The van der Waals surface area contributed by atoms with E-state index in [-0.39, 0.29) is 30.1 Å². The van der Waals surface area contributed by atoms with Crippen molar-refractivity contribution in [2.24, 2.45) is 0 Å². The molecule has 0 unspecified atom stereocenters. The van der Waals surface area contributed by atoms with Crippen LogP contribution >= 0.6 is 0 Å². The summed E-state index contributed by atoms with van der Waals surface area (Å²) in [6.45, 7) is 0.865. The van der Waals surface area contributed by atoms with Crippen molar-refractivity contribution in [3.05, 3.63) is 103 Å². The van der Waals surface area contributed by atoms with E-state index in [1.165, 1.54) is 23.2 Å². The van der Waals surface area contributed by atoms with Crippen molar-refractivity contribution in [3.8, 4) is 0 Å². The Balaban J connectivity index is 1.51. The molecule has 0 aliphatic carbocycles. The Hall–Kier alpha value is -5.16. The summed E-state index contributed by atoms with van der Waals surface area (Å²) in [6, 6.07) is 19.0. The van der Waals surface area contributed by atoms with Crippen molar-refractivity contribution in [1.82, 2.24) is 19.9 Å². The first-order valence-electron chi connectivity index (χ1n) is 12.5. The van der Waals surface area contributed by atoms with Crippen LogP contribution in [0.4, 0.5) is 43.7 Å². The van der Waals surface area contributed by atoms with E-state index in [1.54, 1.807) is 47.5 Å². The van der Waals surface area contributed by atoms with Gasteiger partial charge < -0.3 is 15.5 Å². The van der Waals surface area contributed by atoms with E-state index in [0.29, 0.717) is 35.0 Å². The first-order valence-corrected chi connectivity index (χ1v) is 12.5. The fraction of sp³-hybridized carbons (Fsp3) is 0.138. The molecule has 0 bridgehead atoms. The van der Waals surface area contributed by atoms with Gasteiger partial charge in [-0.1, -0.05) is 30.3 Å². The van der Waals surface area contributed by atoms with Crippen LogP contribution in [-0.2, 0) is 11.3 Å². The summed E-state index contributed by atoms with van der Waals surface area (Å²) >= 11 is 0. The normalized spacial score (nSPS) is 13.1. The number of halogens is 1. The number of para-hydroxylation sites is 1. The van der Waals surface area contributed by atoms with Crippen LogP contribution in [0.5, 0.6) is 0 Å². The molecule has 0 saturated carbocycles. The van der Waals surface area contributed by atoms with Crippen molar-refractivity contribution in [2.45, 2.75) is 6.54 Å². The van der Waals surface area contributed by atoms with Gasteiger partial charge in [-0.15, -0.1) is 0 Å². The number of benzene rings is 2. The van der Waals surface area contributed by atoms with Crippen LogP contribution in [0, 0.1) is 5.95 Å². The second-order valence-corrected chi connectivity index (χ2v) is 9.25. The molecule has 10 nitrogen and oxygen atoms in total. The van der Waals surface area contributed by atoms with E-state index in [1.807, 2.05) is 49.3 Å². The molecule has 40 heavy (non-hydrogen) atoms. The number of urea groups is 1. The maximum absolute atomic E-state index is 14.2. The zero-order chi connectivity index (χ0) is 28.1. The zero-order valence-electron chi connectivity index (χ0n) is 22.0. The van der Waals surface area contributed by atoms with Crippen molar-refractivity contribution >= 4 is 46.5 Å². The molecule has 4 aromatic rings. The summed E-state index contributed by atoms with van der Waals surface area (Å²) in [7, 11) is 3.82. The molecule has 0 radical (unpaired) electrons. The van der Waals surface area contributed by atoms with E-state index in [9.17, 15) is 14.0 Å². The number of carbonyl (C=O) groups is 2. The highest BCUT2D eigenvalue weighted by atomic mass is 19.1. The van der Waals surface area contributed by atoms with Gasteiger partial charge >= 0.3 is 6.03 Å². The van der Waals surface area contributed by atoms with Crippen molar-refractivity contribution in [2.75, 3.05) is 41.1 Å². The standard InChI is InChI=1S/C29H27FN8O2/c1-36(2)16-8-14-25(39)33-21-9-6-12-23(17-21)38-27-20(19-37(29(38)40)22-10-4-3-5-11-22)18-32-28(35-27)34-24-13-7-15-31-26(24)30/h3-15,17-18H,16,19H2,1-2H3,(H,33,39)(H,32,34,35)/b14-8+. The van der Waals surface area contributed by atoms with Crippen LogP contribution in [0.2, 0.25) is 0 Å². The predicted molar refractivity (Wildman–Crippen MR) is 152 cm³/mol. The van der Waals surface area contributed by atoms with Crippen LogP contribution in [0.1, 0.15) is 5.56 Å². The van der Waals surface area contributed by atoms with Gasteiger partial charge in [0.05, 0.1) is 17.9 Å². The van der Waals surface area contributed by atoms with Gasteiger partial charge in [0.25, 0.3) is 0 Å². The third-order valence-electron chi connectivity index (χ3n) is 5.99. The Morgan fingerprint density at radius 3 is 2.62 bits per heavy atom. The molecule has 202 valence electrons. The molecule has 1 aliphatic heterocycles. The van der Waals surface area contributed by atoms with Gasteiger partial charge in [0.1, 0.15) is 0 Å². The minimum Gasteiger partial charge on any atom is -0.322 e. The number of rotatable bonds is 8. The molecule has 1 aliphatic rings. The van der Waals surface area contributed by atoms with Crippen molar-refractivity contribution in [3.63, 3.8) is 0 Å². The number of amides is 3.